The lowest BCUT2D eigenvalue weighted by Gasteiger charge is -2.10. The Balaban J connectivity index is 1.91. The van der Waals surface area contributed by atoms with Gasteiger partial charge in [0.1, 0.15) is 5.75 Å². The van der Waals surface area contributed by atoms with E-state index in [1.165, 1.54) is 0 Å². The fraction of sp³-hybridized carbons (Fsp3) is 0.190. The first-order valence-corrected chi connectivity index (χ1v) is 10.8. The number of esters is 1. The van der Waals surface area contributed by atoms with Gasteiger partial charge in [-0.05, 0) is 43.5 Å². The van der Waals surface area contributed by atoms with Gasteiger partial charge in [-0.2, -0.15) is 0 Å². The molecule has 0 aliphatic rings. The maximum Gasteiger partial charge on any atom is 0.364 e. The van der Waals surface area contributed by atoms with E-state index in [4.69, 9.17) is 16.3 Å². The van der Waals surface area contributed by atoms with Crippen LogP contribution in [0.15, 0.2) is 53.8 Å². The van der Waals surface area contributed by atoms with Crippen LogP contribution in [0, 0.1) is 20.8 Å². The van der Waals surface area contributed by atoms with Crippen LogP contribution in [0.4, 0.5) is 0 Å². The van der Waals surface area contributed by atoms with Gasteiger partial charge in [-0.15, -0.1) is 0 Å². The van der Waals surface area contributed by atoms with Crippen molar-refractivity contribution in [1.82, 2.24) is 9.97 Å². The van der Waals surface area contributed by atoms with Gasteiger partial charge in [-0.1, -0.05) is 53.6 Å². The molecule has 1 heterocycles. The van der Waals surface area contributed by atoms with Gasteiger partial charge in [-0.3, -0.25) is 0 Å². The summed E-state index contributed by atoms with van der Waals surface area (Å²) in [6.45, 7) is 5.58. The Labute approximate surface area is 174 Å². The van der Waals surface area contributed by atoms with Crippen LogP contribution in [0.5, 0.6) is 5.75 Å². The second kappa shape index (κ2) is 8.31. The molecule has 29 heavy (non-hydrogen) atoms. The number of benzene rings is 2. The smallest absolute Gasteiger partial charge is 0.364 e. The van der Waals surface area contributed by atoms with Crippen LogP contribution in [0.2, 0.25) is 5.02 Å². The number of aromatic nitrogens is 2. The Morgan fingerprint density at radius 1 is 1.10 bits per heavy atom. The van der Waals surface area contributed by atoms with E-state index >= 15 is 0 Å². The van der Waals surface area contributed by atoms with Crippen molar-refractivity contribution in [2.24, 2.45) is 0 Å². The van der Waals surface area contributed by atoms with Crippen LogP contribution in [-0.4, -0.2) is 24.4 Å². The van der Waals surface area contributed by atoms with Crippen molar-refractivity contribution in [3.05, 3.63) is 81.6 Å². The summed E-state index contributed by atoms with van der Waals surface area (Å²) in [6, 6.07) is 12.4. The van der Waals surface area contributed by atoms with E-state index in [-0.39, 0.29) is 16.5 Å². The number of ether oxygens (including phenoxy) is 1. The highest BCUT2D eigenvalue weighted by atomic mass is 35.5. The molecular formula is C21H19ClN2O4S. The molecule has 8 heteroatoms. The summed E-state index contributed by atoms with van der Waals surface area (Å²) < 4.78 is 30.9. The number of carbonyl (C=O) groups is 1. The van der Waals surface area contributed by atoms with Gasteiger partial charge >= 0.3 is 5.97 Å². The zero-order valence-electron chi connectivity index (χ0n) is 16.1. The zero-order chi connectivity index (χ0) is 21.2. The largest absolute Gasteiger partial charge is 0.421 e. The molecule has 0 spiro atoms. The van der Waals surface area contributed by atoms with Crippen molar-refractivity contribution in [1.29, 1.82) is 0 Å². The molecule has 0 aliphatic heterocycles. The van der Waals surface area contributed by atoms with Gasteiger partial charge in [0.05, 0.1) is 17.0 Å². The molecule has 0 fully saturated rings. The molecule has 0 radical (unpaired) electrons. The Morgan fingerprint density at radius 3 is 2.55 bits per heavy atom. The monoisotopic (exact) mass is 430 g/mol. The van der Waals surface area contributed by atoms with E-state index in [0.29, 0.717) is 11.3 Å². The third-order valence-corrected chi connectivity index (χ3v) is 6.13. The van der Waals surface area contributed by atoms with Gasteiger partial charge in [0.2, 0.25) is 15.0 Å². The number of nitrogens with zero attached hydrogens (tertiary/aromatic N) is 2. The predicted molar refractivity (Wildman–Crippen MR) is 110 cm³/mol. The molecule has 0 N–H and O–H groups in total. The minimum Gasteiger partial charge on any atom is -0.421 e. The molecule has 0 unspecified atom stereocenters. The van der Waals surface area contributed by atoms with Gasteiger partial charge in [0.25, 0.3) is 0 Å². The molecule has 3 aromatic rings. The Bertz CT molecular complexity index is 1190. The van der Waals surface area contributed by atoms with Crippen LogP contribution in [0.25, 0.3) is 0 Å². The fourth-order valence-corrected chi connectivity index (χ4v) is 4.07. The molecule has 0 saturated heterocycles. The van der Waals surface area contributed by atoms with Crippen LogP contribution >= 0.6 is 11.6 Å². The van der Waals surface area contributed by atoms with Crippen LogP contribution in [-0.2, 0) is 15.6 Å². The molecule has 0 atom stereocenters. The van der Waals surface area contributed by atoms with E-state index in [0.717, 1.165) is 22.9 Å². The molecule has 0 amide bonds. The lowest BCUT2D eigenvalue weighted by molar-refractivity contribution is 0.0726. The lowest BCUT2D eigenvalue weighted by atomic mass is 10.1. The van der Waals surface area contributed by atoms with Gasteiger partial charge in [0.15, 0.2) is 5.69 Å². The second-order valence-corrected chi connectivity index (χ2v) is 8.98. The zero-order valence-corrected chi connectivity index (χ0v) is 17.7. The summed E-state index contributed by atoms with van der Waals surface area (Å²) in [5, 5.41) is -0.564. The van der Waals surface area contributed by atoms with Crippen molar-refractivity contribution in [2.75, 3.05) is 0 Å². The molecule has 6 nitrogen and oxygen atoms in total. The Hall–Kier alpha value is -2.77. The number of hydrogen-bond donors (Lipinski definition) is 0. The number of carbonyl (C=O) groups excluding carboxylic acids is 1. The summed E-state index contributed by atoms with van der Waals surface area (Å²) in [7, 11) is -3.88. The van der Waals surface area contributed by atoms with Crippen molar-refractivity contribution < 1.29 is 17.9 Å². The lowest BCUT2D eigenvalue weighted by Crippen LogP contribution is -2.17. The van der Waals surface area contributed by atoms with E-state index in [2.05, 4.69) is 9.97 Å². The van der Waals surface area contributed by atoms with E-state index in [1.807, 2.05) is 32.9 Å². The van der Waals surface area contributed by atoms with Crippen molar-refractivity contribution in [2.45, 2.75) is 31.7 Å². The normalized spacial score (nSPS) is 11.3. The van der Waals surface area contributed by atoms with E-state index in [9.17, 15) is 13.2 Å². The number of aryl methyl sites for hydroxylation is 2. The average Bonchev–Trinajstić information content (AvgIpc) is 2.65. The highest BCUT2D eigenvalue weighted by Crippen LogP contribution is 2.24. The summed E-state index contributed by atoms with van der Waals surface area (Å²) in [6.07, 6.45) is 1.09. The molecule has 0 aliphatic carbocycles. The maximum atomic E-state index is 12.7. The molecule has 0 saturated carbocycles. The van der Waals surface area contributed by atoms with Gasteiger partial charge in [0, 0.05) is 0 Å². The summed E-state index contributed by atoms with van der Waals surface area (Å²) >= 11 is 6.04. The Kier molecular flexibility index (Phi) is 6.00. The third-order valence-electron chi connectivity index (χ3n) is 4.39. The standard InChI is InChI=1S/C21H19ClN2O4S/c1-13-6-4-8-16(10-13)12-29(26,27)21-23-11-17(22)19(24-21)20(25)28-18-9-5-7-14(2)15(18)3/h4-11H,12H2,1-3H3. The summed E-state index contributed by atoms with van der Waals surface area (Å²) in [4.78, 5) is 20.3. The Morgan fingerprint density at radius 2 is 1.83 bits per heavy atom. The first-order chi connectivity index (χ1) is 13.7. The molecule has 1 aromatic heterocycles. The molecule has 2 aromatic carbocycles. The quantitative estimate of drug-likeness (QED) is 0.341. The summed E-state index contributed by atoms with van der Waals surface area (Å²) in [5.41, 5.74) is 2.98. The number of halogens is 1. The van der Waals surface area contributed by atoms with Crippen molar-refractivity contribution >= 4 is 27.4 Å². The predicted octanol–water partition coefficient (Wildman–Crippen LogP) is 4.25. The van der Waals surface area contributed by atoms with E-state index < -0.39 is 21.0 Å². The van der Waals surface area contributed by atoms with Crippen molar-refractivity contribution in [3.63, 3.8) is 0 Å². The first-order valence-electron chi connectivity index (χ1n) is 8.76. The maximum absolute atomic E-state index is 12.7. The van der Waals surface area contributed by atoms with Gasteiger partial charge in [-0.25, -0.2) is 23.2 Å². The van der Waals surface area contributed by atoms with E-state index in [1.54, 1.807) is 30.3 Å². The molecule has 150 valence electrons. The molecular weight excluding hydrogens is 412 g/mol. The van der Waals surface area contributed by atoms with Crippen molar-refractivity contribution in [3.8, 4) is 5.75 Å². The highest BCUT2D eigenvalue weighted by molar-refractivity contribution is 7.90. The second-order valence-electron chi connectivity index (χ2n) is 6.68. The minimum atomic E-state index is -3.88. The fourth-order valence-electron chi connectivity index (χ4n) is 2.71. The number of hydrogen-bond acceptors (Lipinski definition) is 6. The highest BCUT2D eigenvalue weighted by Gasteiger charge is 2.24. The first kappa shape index (κ1) is 21.0. The summed E-state index contributed by atoms with van der Waals surface area (Å²) in [5.74, 6) is -0.783. The third kappa shape index (κ3) is 4.81. The average molecular weight is 431 g/mol. The van der Waals surface area contributed by atoms with Crippen LogP contribution in [0.3, 0.4) is 0 Å². The SMILES string of the molecule is Cc1cccc(CS(=O)(=O)c2ncc(Cl)c(C(=O)Oc3cccc(C)c3C)n2)c1. The number of sulfone groups is 1. The van der Waals surface area contributed by atoms with Crippen LogP contribution in [0.1, 0.15) is 32.7 Å². The number of rotatable bonds is 5. The molecule has 3 rings (SSSR count). The van der Waals surface area contributed by atoms with Gasteiger partial charge < -0.3 is 4.74 Å². The molecule has 0 bridgehead atoms. The van der Waals surface area contributed by atoms with Crippen LogP contribution < -0.4 is 4.74 Å². The topological polar surface area (TPSA) is 86.2 Å². The minimum absolute atomic E-state index is 0.0881.